The first-order chi connectivity index (χ1) is 8.06. The summed E-state index contributed by atoms with van der Waals surface area (Å²) in [4.78, 5) is 15.0. The van der Waals surface area contributed by atoms with Crippen LogP contribution in [0.15, 0.2) is 30.3 Å². The van der Waals surface area contributed by atoms with Gasteiger partial charge in [-0.3, -0.25) is 9.78 Å². The van der Waals surface area contributed by atoms with Crippen LogP contribution in [0.1, 0.15) is 5.69 Å². The third-order valence-corrected chi connectivity index (χ3v) is 2.69. The molecule has 5 heteroatoms. The molecule has 0 aliphatic carbocycles. The smallest absolute Gasteiger partial charge is 0.320 e. The fourth-order valence-electron chi connectivity index (χ4n) is 1.56. The Balaban J connectivity index is 2.33. The van der Waals surface area contributed by atoms with E-state index in [1.54, 1.807) is 18.2 Å². The lowest BCUT2D eigenvalue weighted by Crippen LogP contribution is -2.32. The second kappa shape index (κ2) is 4.69. The molecule has 3 N–H and O–H groups in total. The van der Waals surface area contributed by atoms with Gasteiger partial charge >= 0.3 is 5.97 Å². The molecule has 0 aliphatic heterocycles. The molecule has 0 fully saturated rings. The first kappa shape index (κ1) is 11.8. The zero-order valence-corrected chi connectivity index (χ0v) is 9.69. The molecule has 0 spiro atoms. The van der Waals surface area contributed by atoms with Gasteiger partial charge in [0.25, 0.3) is 0 Å². The van der Waals surface area contributed by atoms with Crippen molar-refractivity contribution >= 4 is 28.5 Å². The zero-order valence-electron chi connectivity index (χ0n) is 8.93. The maximum atomic E-state index is 10.6. The van der Waals surface area contributed by atoms with E-state index in [1.165, 1.54) is 0 Å². The molecule has 0 aliphatic rings. The second-order valence-corrected chi connectivity index (χ2v) is 4.22. The number of hydrogen-bond acceptors (Lipinski definition) is 3. The summed E-state index contributed by atoms with van der Waals surface area (Å²) in [5.41, 5.74) is 6.85. The van der Waals surface area contributed by atoms with Crippen molar-refractivity contribution in [3.63, 3.8) is 0 Å². The van der Waals surface area contributed by atoms with Gasteiger partial charge in [0, 0.05) is 22.5 Å². The number of aromatic nitrogens is 1. The molecule has 1 unspecified atom stereocenters. The first-order valence-electron chi connectivity index (χ1n) is 5.10. The highest BCUT2D eigenvalue weighted by Gasteiger charge is 2.13. The molecule has 17 heavy (non-hydrogen) atoms. The summed E-state index contributed by atoms with van der Waals surface area (Å²) in [5, 5.41) is 10.3. The van der Waals surface area contributed by atoms with Gasteiger partial charge in [0.15, 0.2) is 0 Å². The number of carboxylic acid groups (broad SMARTS) is 1. The van der Waals surface area contributed by atoms with Crippen molar-refractivity contribution < 1.29 is 9.90 Å². The van der Waals surface area contributed by atoms with Gasteiger partial charge in [0.05, 0.1) is 5.52 Å². The third kappa shape index (κ3) is 2.72. The summed E-state index contributed by atoms with van der Waals surface area (Å²) in [6.45, 7) is 0. The third-order valence-electron chi connectivity index (χ3n) is 2.46. The van der Waals surface area contributed by atoms with Gasteiger partial charge in [-0.15, -0.1) is 0 Å². The van der Waals surface area contributed by atoms with E-state index in [-0.39, 0.29) is 6.42 Å². The number of nitrogens with zero attached hydrogens (tertiary/aromatic N) is 1. The molecule has 1 atom stereocenters. The van der Waals surface area contributed by atoms with Crippen LogP contribution >= 0.6 is 11.6 Å². The van der Waals surface area contributed by atoms with Crippen LogP contribution in [0.2, 0.25) is 5.02 Å². The average molecular weight is 251 g/mol. The summed E-state index contributed by atoms with van der Waals surface area (Å²) in [5.74, 6) is -1.03. The highest BCUT2D eigenvalue weighted by atomic mass is 35.5. The van der Waals surface area contributed by atoms with E-state index in [0.29, 0.717) is 10.7 Å². The highest BCUT2D eigenvalue weighted by molar-refractivity contribution is 6.31. The van der Waals surface area contributed by atoms with Crippen LogP contribution in [0.25, 0.3) is 10.9 Å². The van der Waals surface area contributed by atoms with E-state index >= 15 is 0 Å². The van der Waals surface area contributed by atoms with Crippen molar-refractivity contribution in [2.45, 2.75) is 12.5 Å². The molecule has 0 radical (unpaired) electrons. The van der Waals surface area contributed by atoms with E-state index in [0.717, 1.165) is 10.9 Å². The highest BCUT2D eigenvalue weighted by Crippen LogP contribution is 2.18. The lowest BCUT2D eigenvalue weighted by Gasteiger charge is -2.06. The van der Waals surface area contributed by atoms with E-state index in [4.69, 9.17) is 22.4 Å². The van der Waals surface area contributed by atoms with Gasteiger partial charge in [0.2, 0.25) is 0 Å². The van der Waals surface area contributed by atoms with Gasteiger partial charge in [-0.25, -0.2) is 0 Å². The lowest BCUT2D eigenvalue weighted by molar-refractivity contribution is -0.138. The van der Waals surface area contributed by atoms with Crippen LogP contribution in [-0.2, 0) is 11.2 Å². The number of hydrogen-bond donors (Lipinski definition) is 2. The number of pyridine rings is 1. The Bertz CT molecular complexity index is 571. The fraction of sp³-hybridized carbons (Fsp3) is 0.167. The Kier molecular flexibility index (Phi) is 3.26. The van der Waals surface area contributed by atoms with Gasteiger partial charge in [-0.05, 0) is 18.2 Å². The standard InChI is InChI=1S/C12H11ClN2O2/c13-8-3-1-7-2-4-9(15-11(7)5-8)6-10(14)12(16)17/h1-5,10H,6,14H2,(H,16,17). The summed E-state index contributed by atoms with van der Waals surface area (Å²) in [6, 6.07) is 8.12. The summed E-state index contributed by atoms with van der Waals surface area (Å²) in [7, 11) is 0. The van der Waals surface area contributed by atoms with Crippen LogP contribution in [0.4, 0.5) is 0 Å². The molecule has 1 aromatic heterocycles. The van der Waals surface area contributed by atoms with Crippen molar-refractivity contribution in [1.29, 1.82) is 0 Å². The minimum absolute atomic E-state index is 0.206. The molecule has 0 amide bonds. The maximum Gasteiger partial charge on any atom is 0.320 e. The van der Waals surface area contributed by atoms with Crippen LogP contribution in [0.3, 0.4) is 0 Å². The fourth-order valence-corrected chi connectivity index (χ4v) is 1.73. The normalized spacial score (nSPS) is 12.6. The Labute approximate surface area is 103 Å². The van der Waals surface area contributed by atoms with E-state index in [2.05, 4.69) is 4.98 Å². The van der Waals surface area contributed by atoms with E-state index in [9.17, 15) is 4.79 Å². The zero-order chi connectivity index (χ0) is 12.4. The van der Waals surface area contributed by atoms with Gasteiger partial charge < -0.3 is 10.8 Å². The predicted octanol–water partition coefficient (Wildman–Crippen LogP) is 1.84. The number of fused-ring (bicyclic) bond motifs is 1. The van der Waals surface area contributed by atoms with Gasteiger partial charge in [-0.2, -0.15) is 0 Å². The Morgan fingerprint density at radius 1 is 1.41 bits per heavy atom. The van der Waals surface area contributed by atoms with Crippen LogP contribution < -0.4 is 5.73 Å². The largest absolute Gasteiger partial charge is 0.480 e. The molecule has 0 bridgehead atoms. The summed E-state index contributed by atoms with van der Waals surface area (Å²) < 4.78 is 0. The number of halogens is 1. The van der Waals surface area contributed by atoms with Crippen molar-refractivity contribution in [2.24, 2.45) is 5.73 Å². The van der Waals surface area contributed by atoms with E-state index in [1.807, 2.05) is 12.1 Å². The van der Waals surface area contributed by atoms with Crippen molar-refractivity contribution in [3.8, 4) is 0 Å². The number of benzene rings is 1. The molecule has 4 nitrogen and oxygen atoms in total. The quantitative estimate of drug-likeness (QED) is 0.872. The van der Waals surface area contributed by atoms with Gasteiger partial charge in [0.1, 0.15) is 6.04 Å². The Hall–Kier alpha value is -1.65. The maximum absolute atomic E-state index is 10.6. The van der Waals surface area contributed by atoms with E-state index < -0.39 is 12.0 Å². The molecule has 1 heterocycles. The minimum Gasteiger partial charge on any atom is -0.480 e. The predicted molar refractivity (Wildman–Crippen MR) is 66.1 cm³/mol. The number of carbonyl (C=O) groups is 1. The molecule has 1 aromatic carbocycles. The molecular formula is C12H11ClN2O2. The number of nitrogens with two attached hydrogens (primary N) is 1. The number of aliphatic carboxylic acids is 1. The lowest BCUT2D eigenvalue weighted by atomic mass is 10.1. The van der Waals surface area contributed by atoms with Crippen molar-refractivity contribution in [2.75, 3.05) is 0 Å². The average Bonchev–Trinajstić information content (AvgIpc) is 2.28. The van der Waals surface area contributed by atoms with Crippen molar-refractivity contribution in [1.82, 2.24) is 4.98 Å². The molecule has 2 rings (SSSR count). The molecule has 88 valence electrons. The number of rotatable bonds is 3. The molecular weight excluding hydrogens is 240 g/mol. The van der Waals surface area contributed by atoms with Crippen LogP contribution in [0, 0.1) is 0 Å². The number of carboxylic acids is 1. The summed E-state index contributed by atoms with van der Waals surface area (Å²) in [6.07, 6.45) is 0.206. The van der Waals surface area contributed by atoms with Crippen LogP contribution in [0.5, 0.6) is 0 Å². The monoisotopic (exact) mass is 250 g/mol. The summed E-state index contributed by atoms with van der Waals surface area (Å²) >= 11 is 5.87. The topological polar surface area (TPSA) is 76.2 Å². The molecule has 2 aromatic rings. The minimum atomic E-state index is -1.03. The SMILES string of the molecule is NC(Cc1ccc2ccc(Cl)cc2n1)C(=O)O. The first-order valence-corrected chi connectivity index (χ1v) is 5.47. The molecule has 0 saturated carbocycles. The Morgan fingerprint density at radius 3 is 2.82 bits per heavy atom. The van der Waals surface area contributed by atoms with Gasteiger partial charge in [-0.1, -0.05) is 23.7 Å². The second-order valence-electron chi connectivity index (χ2n) is 3.79. The molecule has 0 saturated heterocycles. The van der Waals surface area contributed by atoms with Crippen molar-refractivity contribution in [3.05, 3.63) is 41.0 Å². The van der Waals surface area contributed by atoms with Crippen LogP contribution in [-0.4, -0.2) is 22.1 Å². The Morgan fingerprint density at radius 2 is 2.12 bits per heavy atom.